The van der Waals surface area contributed by atoms with E-state index >= 15 is 0 Å². The first-order chi connectivity index (χ1) is 31.0. The molecule has 0 aliphatic heterocycles. The van der Waals surface area contributed by atoms with Gasteiger partial charge in [0, 0.05) is 0 Å². The molecule has 0 atom stereocenters. The molecule has 6 rings (SSSR count). The van der Waals surface area contributed by atoms with E-state index in [0.29, 0.717) is 0 Å². The summed E-state index contributed by atoms with van der Waals surface area (Å²) in [5, 5.41) is 0. The zero-order valence-corrected chi connectivity index (χ0v) is 60.1. The van der Waals surface area contributed by atoms with Gasteiger partial charge in [0.15, 0.2) is 0 Å². The van der Waals surface area contributed by atoms with Crippen molar-refractivity contribution in [2.45, 2.75) is 225 Å². The Labute approximate surface area is 547 Å². The molecule has 0 aliphatic carbocycles. The van der Waals surface area contributed by atoms with Crippen LogP contribution in [-0.2, 0) is 156 Å². The average molecular weight is 1350 g/mol. The van der Waals surface area contributed by atoms with Crippen molar-refractivity contribution < 1.29 is 153 Å². The summed E-state index contributed by atoms with van der Waals surface area (Å²) in [6.45, 7) is 31.0. The predicted octanol–water partition coefficient (Wildman–Crippen LogP) is 0.936. The van der Waals surface area contributed by atoms with Crippen molar-refractivity contribution in [1.29, 1.82) is 0 Å². The van der Waals surface area contributed by atoms with Gasteiger partial charge in [-0.2, -0.15) is 139 Å². The molecule has 0 radical (unpaired) electrons. The molecule has 0 spiro atoms. The van der Waals surface area contributed by atoms with Crippen LogP contribution in [0.5, 0.6) is 0 Å². The molecule has 0 aromatic heterocycles. The van der Waals surface area contributed by atoms with Crippen LogP contribution in [0.3, 0.4) is 0 Å². The standard InChI is InChI=1S/2C13H21.2C10H15.2C9H13.6ClH.3Zr/c2*1-4-7-8-11-9-12(5-2)13(6-3)10-11;2*1-3-5-10-7-6-9(4-2)8-10;2*1-3-4-9-6-5-8(2)7-9;;;;;;;;;/h2*9-10H,4-8H2,1-3H3;2*6-8H,3-5H2,1-2H3;2*5-7H,3-4H2,1-2H3;6*1H;;;/q6*-1;;;;;;;3*+4/p-6. The molecule has 0 heterocycles. The Morgan fingerprint density at radius 3 is 0.795 bits per heavy atom. The summed E-state index contributed by atoms with van der Waals surface area (Å²) in [5.74, 6) is 0. The van der Waals surface area contributed by atoms with Gasteiger partial charge in [0.2, 0.25) is 0 Å². The van der Waals surface area contributed by atoms with Gasteiger partial charge in [0.05, 0.1) is 0 Å². The minimum atomic E-state index is 0. The van der Waals surface area contributed by atoms with Crippen LogP contribution in [0.2, 0.25) is 0 Å². The first-order valence-electron chi connectivity index (χ1n) is 26.5. The Morgan fingerprint density at radius 2 is 0.603 bits per heavy atom. The third kappa shape index (κ3) is 42.1. The molecule has 6 aromatic carbocycles. The monoisotopic (exact) mass is 1350 g/mol. The van der Waals surface area contributed by atoms with Crippen LogP contribution >= 0.6 is 0 Å². The van der Waals surface area contributed by atoms with E-state index in [1.54, 1.807) is 33.4 Å². The van der Waals surface area contributed by atoms with E-state index in [2.05, 4.69) is 194 Å². The predicted molar refractivity (Wildman–Crippen MR) is 291 cm³/mol. The van der Waals surface area contributed by atoms with Gasteiger partial charge < -0.3 is 74.4 Å². The zero-order valence-electron chi connectivity index (χ0n) is 48.1. The van der Waals surface area contributed by atoms with Crippen LogP contribution in [-0.4, -0.2) is 0 Å². The fraction of sp³-hybridized carbons (Fsp3) is 0.531. The van der Waals surface area contributed by atoms with Crippen molar-refractivity contribution in [1.82, 2.24) is 0 Å². The minimum absolute atomic E-state index is 0. The van der Waals surface area contributed by atoms with Crippen LogP contribution in [0.1, 0.15) is 212 Å². The summed E-state index contributed by atoms with van der Waals surface area (Å²) in [5.41, 5.74) is 21.0. The molecular formula is C64H98Cl6Zr3. The average Bonchev–Trinajstić information content (AvgIpc) is 4.18. The molecule has 408 valence electrons. The Kier molecular flexibility index (Phi) is 76.5. The number of rotatable bonds is 20. The quantitative estimate of drug-likeness (QED) is 0.100. The van der Waals surface area contributed by atoms with E-state index in [-0.39, 0.29) is 153 Å². The zero-order chi connectivity index (χ0) is 47.5. The third-order valence-electron chi connectivity index (χ3n) is 12.1. The molecule has 0 nitrogen and oxygen atoms in total. The first-order valence-corrected chi connectivity index (χ1v) is 26.5. The normalized spacial score (nSPS) is 9.07. The SMILES string of the molecule is CCCCc1cc(CC)[c-](CC)c1.CCCCc1cc(CC)[c-](CC)c1.CCCc1cc[c-](C)c1.CCCc1cc[c-](C)c1.CCCc1cc[c-](CC)c1.CCCc1cc[c-](CC)c1.[Cl-].[Cl-].[Cl-].[Cl-].[Cl-].[Cl-].[Zr+4].[Zr+4].[Zr+4]. The summed E-state index contributed by atoms with van der Waals surface area (Å²) in [7, 11) is 0. The van der Waals surface area contributed by atoms with E-state index in [0.717, 1.165) is 0 Å². The van der Waals surface area contributed by atoms with Crippen LogP contribution in [0.4, 0.5) is 0 Å². The Hall–Kier alpha value is 0.489. The molecule has 0 aliphatic rings. The largest absolute Gasteiger partial charge is 4.00 e. The molecule has 0 N–H and O–H groups in total. The Morgan fingerprint density at radius 1 is 0.315 bits per heavy atom. The van der Waals surface area contributed by atoms with Gasteiger partial charge in [-0.25, -0.2) is 36.4 Å². The minimum Gasteiger partial charge on any atom is -1.00 e. The topological polar surface area (TPSA) is 0 Å². The van der Waals surface area contributed by atoms with Gasteiger partial charge in [-0.1, -0.05) is 225 Å². The first kappa shape index (κ1) is 92.9. The van der Waals surface area contributed by atoms with E-state index in [4.69, 9.17) is 0 Å². The number of unbranched alkanes of at least 4 members (excludes halogenated alkanes) is 2. The molecular weight excluding hydrogens is 1260 g/mol. The van der Waals surface area contributed by atoms with Crippen LogP contribution in [0.25, 0.3) is 0 Å². The fourth-order valence-corrected chi connectivity index (χ4v) is 8.28. The number of halogens is 6. The molecule has 6 aromatic rings. The van der Waals surface area contributed by atoms with Gasteiger partial charge in [-0.15, -0.1) is 0 Å². The van der Waals surface area contributed by atoms with Gasteiger partial charge >= 0.3 is 78.6 Å². The van der Waals surface area contributed by atoms with Crippen LogP contribution < -0.4 is 74.4 Å². The van der Waals surface area contributed by atoms with Crippen molar-refractivity contribution in [2.24, 2.45) is 0 Å². The molecule has 0 amide bonds. The van der Waals surface area contributed by atoms with Crippen molar-refractivity contribution in [2.75, 3.05) is 0 Å². The van der Waals surface area contributed by atoms with Crippen LogP contribution in [0, 0.1) is 13.8 Å². The number of aryl methyl sites for hydroxylation is 14. The van der Waals surface area contributed by atoms with Crippen molar-refractivity contribution in [3.8, 4) is 0 Å². The number of hydrogen-bond donors (Lipinski definition) is 0. The van der Waals surface area contributed by atoms with Gasteiger partial charge in [0.25, 0.3) is 0 Å². The van der Waals surface area contributed by atoms with Gasteiger partial charge in [-0.3, -0.25) is 0 Å². The van der Waals surface area contributed by atoms with Crippen molar-refractivity contribution >= 4 is 0 Å². The Bertz CT molecular complexity index is 1790. The summed E-state index contributed by atoms with van der Waals surface area (Å²) in [6, 6.07) is 36.4. The van der Waals surface area contributed by atoms with Crippen molar-refractivity contribution in [3.05, 3.63) is 175 Å². The fourth-order valence-electron chi connectivity index (χ4n) is 8.28. The molecule has 0 saturated heterocycles. The molecule has 0 unspecified atom stereocenters. The maximum atomic E-state index is 2.40. The molecule has 9 heteroatoms. The maximum Gasteiger partial charge on any atom is 4.00 e. The van der Waals surface area contributed by atoms with E-state index in [1.807, 2.05) is 0 Å². The molecule has 0 fully saturated rings. The second kappa shape index (κ2) is 60.1. The summed E-state index contributed by atoms with van der Waals surface area (Å²) >= 11 is 0. The van der Waals surface area contributed by atoms with Crippen molar-refractivity contribution in [3.63, 3.8) is 0 Å². The van der Waals surface area contributed by atoms with E-state index in [9.17, 15) is 0 Å². The third-order valence-corrected chi connectivity index (χ3v) is 12.1. The number of hydrogen-bond acceptors (Lipinski definition) is 0. The molecule has 73 heavy (non-hydrogen) atoms. The van der Waals surface area contributed by atoms with E-state index in [1.165, 1.54) is 173 Å². The second-order valence-electron chi connectivity index (χ2n) is 18.0. The smallest absolute Gasteiger partial charge is 1.00 e. The van der Waals surface area contributed by atoms with Gasteiger partial charge in [0.1, 0.15) is 0 Å². The second-order valence-corrected chi connectivity index (χ2v) is 18.0. The molecule has 0 saturated carbocycles. The summed E-state index contributed by atoms with van der Waals surface area (Å²) in [6.07, 6.45) is 24.8. The van der Waals surface area contributed by atoms with Crippen LogP contribution in [0.15, 0.2) is 97.1 Å². The Balaban J connectivity index is -0.0000000944. The molecule has 0 bridgehead atoms. The summed E-state index contributed by atoms with van der Waals surface area (Å²) in [4.78, 5) is 0. The van der Waals surface area contributed by atoms with Gasteiger partial charge in [-0.05, 0) is 0 Å². The maximum absolute atomic E-state index is 2.40. The summed E-state index contributed by atoms with van der Waals surface area (Å²) < 4.78 is 0. The van der Waals surface area contributed by atoms with E-state index < -0.39 is 0 Å².